The first kappa shape index (κ1) is 11.2. The summed E-state index contributed by atoms with van der Waals surface area (Å²) in [4.78, 5) is 25.1. The predicted molar refractivity (Wildman–Crippen MR) is 66.8 cm³/mol. The number of nitrogens with one attached hydrogen (secondary N) is 1. The Labute approximate surface area is 105 Å². The maximum absolute atomic E-state index is 11.8. The molecule has 5 heteroatoms. The van der Waals surface area contributed by atoms with E-state index in [1.54, 1.807) is 11.9 Å². The molecule has 5 nitrogen and oxygen atoms in total. The lowest BCUT2D eigenvalue weighted by atomic mass is 9.93. The molecule has 3 rings (SSSR count). The smallest absolute Gasteiger partial charge is 0.244 e. The third-order valence-electron chi connectivity index (χ3n) is 4.02. The van der Waals surface area contributed by atoms with E-state index in [0.29, 0.717) is 6.42 Å². The minimum absolute atomic E-state index is 0.0928. The molecule has 0 saturated heterocycles. The number of fused-ring (bicyclic) bond motifs is 1. The zero-order valence-electron chi connectivity index (χ0n) is 10.2. The quantitative estimate of drug-likeness (QED) is 0.445. The van der Waals surface area contributed by atoms with Crippen LogP contribution in [0.1, 0.15) is 24.0 Å². The summed E-state index contributed by atoms with van der Waals surface area (Å²) in [6, 6.07) is 5.81. The highest BCUT2D eigenvalue weighted by Gasteiger charge is 2.51. The topological polar surface area (TPSA) is 75.4 Å². The Balaban J connectivity index is 2.00. The SMILES string of the molecule is CN1C(=O)Cc2cc(C3(C(=O)NN)CC3)ccc21. The van der Waals surface area contributed by atoms with Crippen LogP contribution in [-0.4, -0.2) is 18.9 Å². The number of likely N-dealkylation sites (N-methyl/N-ethyl adjacent to an activating group) is 1. The van der Waals surface area contributed by atoms with Crippen molar-refractivity contribution >= 4 is 17.5 Å². The van der Waals surface area contributed by atoms with Crippen molar-refractivity contribution in [3.8, 4) is 0 Å². The van der Waals surface area contributed by atoms with Gasteiger partial charge in [-0.2, -0.15) is 0 Å². The molecule has 2 amide bonds. The van der Waals surface area contributed by atoms with Crippen LogP contribution in [0, 0.1) is 0 Å². The van der Waals surface area contributed by atoms with Gasteiger partial charge in [-0.15, -0.1) is 0 Å². The van der Waals surface area contributed by atoms with Gasteiger partial charge in [-0.25, -0.2) is 5.84 Å². The van der Waals surface area contributed by atoms with E-state index in [9.17, 15) is 9.59 Å². The summed E-state index contributed by atoms with van der Waals surface area (Å²) in [5.74, 6) is 5.18. The Kier molecular flexibility index (Phi) is 2.22. The molecule has 1 heterocycles. The van der Waals surface area contributed by atoms with Gasteiger partial charge in [0, 0.05) is 12.7 Å². The summed E-state index contributed by atoms with van der Waals surface area (Å²) in [6.07, 6.45) is 2.05. The average molecular weight is 245 g/mol. The maximum Gasteiger partial charge on any atom is 0.244 e. The van der Waals surface area contributed by atoms with Crippen molar-refractivity contribution in [1.29, 1.82) is 0 Å². The van der Waals surface area contributed by atoms with E-state index in [2.05, 4.69) is 5.43 Å². The van der Waals surface area contributed by atoms with Crippen molar-refractivity contribution in [2.75, 3.05) is 11.9 Å². The van der Waals surface area contributed by atoms with Crippen LogP contribution in [-0.2, 0) is 21.4 Å². The average Bonchev–Trinajstić information content (AvgIpc) is 3.13. The van der Waals surface area contributed by atoms with Gasteiger partial charge in [0.15, 0.2) is 0 Å². The lowest BCUT2D eigenvalue weighted by Gasteiger charge is -2.16. The fraction of sp³-hybridized carbons (Fsp3) is 0.385. The number of benzene rings is 1. The highest BCUT2D eigenvalue weighted by molar-refractivity contribution is 6.01. The highest BCUT2D eigenvalue weighted by Crippen LogP contribution is 2.49. The summed E-state index contributed by atoms with van der Waals surface area (Å²) in [7, 11) is 1.77. The van der Waals surface area contributed by atoms with Crippen LogP contribution < -0.4 is 16.2 Å². The number of hydrogen-bond donors (Lipinski definition) is 2. The van der Waals surface area contributed by atoms with E-state index in [1.165, 1.54) is 0 Å². The Morgan fingerprint density at radius 1 is 1.44 bits per heavy atom. The van der Waals surface area contributed by atoms with E-state index in [0.717, 1.165) is 29.7 Å². The zero-order chi connectivity index (χ0) is 12.9. The molecule has 0 bridgehead atoms. The van der Waals surface area contributed by atoms with Crippen LogP contribution in [0.5, 0.6) is 0 Å². The van der Waals surface area contributed by atoms with Gasteiger partial charge in [0.2, 0.25) is 11.8 Å². The molecule has 1 aliphatic carbocycles. The van der Waals surface area contributed by atoms with Crippen LogP contribution in [0.15, 0.2) is 18.2 Å². The van der Waals surface area contributed by atoms with Crippen LogP contribution in [0.25, 0.3) is 0 Å². The Morgan fingerprint density at radius 2 is 2.17 bits per heavy atom. The number of carbonyl (C=O) groups excluding carboxylic acids is 2. The molecule has 0 radical (unpaired) electrons. The van der Waals surface area contributed by atoms with Gasteiger partial charge in [-0.1, -0.05) is 12.1 Å². The second-order valence-electron chi connectivity index (χ2n) is 5.03. The lowest BCUT2D eigenvalue weighted by Crippen LogP contribution is -2.39. The van der Waals surface area contributed by atoms with Gasteiger partial charge in [0.05, 0.1) is 11.8 Å². The number of hydrazine groups is 1. The molecule has 0 atom stereocenters. The Bertz CT molecular complexity index is 549. The van der Waals surface area contributed by atoms with Crippen molar-refractivity contribution in [3.05, 3.63) is 29.3 Å². The van der Waals surface area contributed by atoms with Crippen LogP contribution in [0.4, 0.5) is 5.69 Å². The first-order valence-electron chi connectivity index (χ1n) is 5.99. The molecule has 1 aromatic carbocycles. The van der Waals surface area contributed by atoms with Gasteiger partial charge < -0.3 is 4.90 Å². The second-order valence-corrected chi connectivity index (χ2v) is 5.03. The van der Waals surface area contributed by atoms with E-state index >= 15 is 0 Å². The summed E-state index contributed by atoms with van der Waals surface area (Å²) in [5, 5.41) is 0. The zero-order valence-corrected chi connectivity index (χ0v) is 10.2. The monoisotopic (exact) mass is 245 g/mol. The molecule has 3 N–H and O–H groups in total. The molecule has 0 aromatic heterocycles. The van der Waals surface area contributed by atoms with Crippen molar-refractivity contribution in [1.82, 2.24) is 5.43 Å². The molecule has 1 saturated carbocycles. The van der Waals surface area contributed by atoms with Crippen molar-refractivity contribution in [3.63, 3.8) is 0 Å². The highest BCUT2D eigenvalue weighted by atomic mass is 16.2. The molecular weight excluding hydrogens is 230 g/mol. The molecular formula is C13H15N3O2. The molecule has 1 fully saturated rings. The summed E-state index contributed by atoms with van der Waals surface area (Å²) in [6.45, 7) is 0. The number of amides is 2. The third kappa shape index (κ3) is 1.37. The molecule has 0 unspecified atom stereocenters. The molecule has 18 heavy (non-hydrogen) atoms. The fourth-order valence-electron chi connectivity index (χ4n) is 2.68. The minimum atomic E-state index is -0.464. The number of hydrogen-bond acceptors (Lipinski definition) is 3. The number of nitrogens with zero attached hydrogens (tertiary/aromatic N) is 1. The molecule has 2 aliphatic rings. The van der Waals surface area contributed by atoms with Crippen LogP contribution >= 0.6 is 0 Å². The first-order valence-corrected chi connectivity index (χ1v) is 5.99. The van der Waals surface area contributed by atoms with Gasteiger partial charge >= 0.3 is 0 Å². The van der Waals surface area contributed by atoms with E-state index < -0.39 is 5.41 Å². The predicted octanol–water partition coefficient (Wildman–Crippen LogP) is 0.227. The van der Waals surface area contributed by atoms with E-state index in [4.69, 9.17) is 5.84 Å². The lowest BCUT2D eigenvalue weighted by molar-refractivity contribution is -0.123. The molecule has 1 aromatic rings. The summed E-state index contributed by atoms with van der Waals surface area (Å²) in [5.41, 5.74) is 4.67. The number of rotatable bonds is 2. The standard InChI is InChI=1S/C13H15N3O2/c1-16-10-3-2-9(6-8(10)7-11(16)17)13(4-5-13)12(18)15-14/h2-3,6H,4-5,7,14H2,1H3,(H,15,18). The normalized spacial score (nSPS) is 19.7. The number of anilines is 1. The van der Waals surface area contributed by atoms with Gasteiger partial charge in [0.25, 0.3) is 0 Å². The van der Waals surface area contributed by atoms with E-state index in [-0.39, 0.29) is 11.8 Å². The second kappa shape index (κ2) is 3.55. The number of nitrogens with two attached hydrogens (primary N) is 1. The van der Waals surface area contributed by atoms with Crippen molar-refractivity contribution in [2.45, 2.75) is 24.7 Å². The van der Waals surface area contributed by atoms with Gasteiger partial charge in [-0.05, 0) is 30.0 Å². The maximum atomic E-state index is 11.8. The minimum Gasteiger partial charge on any atom is -0.315 e. The number of carbonyl (C=O) groups is 2. The third-order valence-corrected chi connectivity index (χ3v) is 4.02. The van der Waals surface area contributed by atoms with Crippen molar-refractivity contribution < 1.29 is 9.59 Å². The largest absolute Gasteiger partial charge is 0.315 e. The summed E-state index contributed by atoms with van der Waals surface area (Å²) >= 11 is 0. The van der Waals surface area contributed by atoms with Gasteiger partial charge in [0.1, 0.15) is 0 Å². The fourth-order valence-corrected chi connectivity index (χ4v) is 2.68. The Hall–Kier alpha value is -1.88. The van der Waals surface area contributed by atoms with Crippen LogP contribution in [0.2, 0.25) is 0 Å². The Morgan fingerprint density at radius 3 is 2.78 bits per heavy atom. The van der Waals surface area contributed by atoms with Gasteiger partial charge in [-0.3, -0.25) is 15.0 Å². The molecule has 94 valence electrons. The molecule has 0 spiro atoms. The molecule has 1 aliphatic heterocycles. The first-order chi connectivity index (χ1) is 8.58. The van der Waals surface area contributed by atoms with E-state index in [1.807, 2.05) is 18.2 Å². The van der Waals surface area contributed by atoms with Crippen molar-refractivity contribution in [2.24, 2.45) is 5.84 Å². The van der Waals surface area contributed by atoms with Crippen LogP contribution in [0.3, 0.4) is 0 Å². The summed E-state index contributed by atoms with van der Waals surface area (Å²) < 4.78 is 0.